The van der Waals surface area contributed by atoms with Crippen LogP contribution < -0.4 is 11.1 Å². The number of hydrogen-bond donors (Lipinski definition) is 2. The van der Waals surface area contributed by atoms with E-state index in [2.05, 4.69) is 18.3 Å². The molecule has 1 amide bonds. The minimum Gasteiger partial charge on any atom is -0.366 e. The smallest absolute Gasteiger partial charge is 0.248 e. The molecule has 6 heteroatoms. The number of hydrogen-bond acceptors (Lipinski definition) is 5. The van der Waals surface area contributed by atoms with Crippen LogP contribution in [0.25, 0.3) is 21.6 Å². The van der Waals surface area contributed by atoms with Crippen molar-refractivity contribution in [3.05, 3.63) is 71.1 Å². The maximum atomic E-state index is 11.2. The number of rotatable bonds is 4. The number of benzene rings is 2. The zero-order chi connectivity index (χ0) is 18.1. The number of primary amides is 1. The van der Waals surface area contributed by atoms with Crippen LogP contribution in [0.15, 0.2) is 60.7 Å². The predicted molar refractivity (Wildman–Crippen MR) is 106 cm³/mol. The van der Waals surface area contributed by atoms with Crippen LogP contribution in [0.1, 0.15) is 15.2 Å². The third kappa shape index (κ3) is 3.14. The standard InChI is InChI=1S/C20H16N4OS/c1-12-11-16-19(22-15-9-7-13(8-10-15)17(21)25)23-18(24-20(16)26-12)14-5-3-2-4-6-14/h2-11H,1H3,(H2,21,25)(H,22,23,24). The van der Waals surface area contributed by atoms with E-state index in [9.17, 15) is 4.79 Å². The zero-order valence-electron chi connectivity index (χ0n) is 14.1. The summed E-state index contributed by atoms with van der Waals surface area (Å²) in [6.45, 7) is 2.06. The molecule has 0 bridgehead atoms. The molecule has 0 unspecified atom stereocenters. The summed E-state index contributed by atoms with van der Waals surface area (Å²) in [6.07, 6.45) is 0. The van der Waals surface area contributed by atoms with Gasteiger partial charge < -0.3 is 11.1 Å². The van der Waals surface area contributed by atoms with E-state index in [-0.39, 0.29) is 0 Å². The third-order valence-corrected chi connectivity index (χ3v) is 4.92. The molecule has 2 heterocycles. The maximum absolute atomic E-state index is 11.2. The quantitative estimate of drug-likeness (QED) is 0.561. The van der Waals surface area contributed by atoms with Crippen LogP contribution in [0.5, 0.6) is 0 Å². The molecule has 4 rings (SSSR count). The molecule has 26 heavy (non-hydrogen) atoms. The van der Waals surface area contributed by atoms with Crippen molar-refractivity contribution in [3.63, 3.8) is 0 Å². The topological polar surface area (TPSA) is 80.9 Å². The van der Waals surface area contributed by atoms with Gasteiger partial charge in [-0.15, -0.1) is 11.3 Å². The molecule has 2 aromatic heterocycles. The molecule has 0 saturated carbocycles. The number of aromatic nitrogens is 2. The highest BCUT2D eigenvalue weighted by atomic mass is 32.1. The molecule has 2 aromatic carbocycles. The summed E-state index contributed by atoms with van der Waals surface area (Å²) in [4.78, 5) is 22.8. The number of amides is 1. The first-order chi connectivity index (χ1) is 12.6. The molecule has 0 saturated heterocycles. The van der Waals surface area contributed by atoms with E-state index in [0.29, 0.717) is 11.4 Å². The number of nitrogens with one attached hydrogen (secondary N) is 1. The SMILES string of the molecule is Cc1cc2c(Nc3ccc(C(N)=O)cc3)nc(-c3ccccc3)nc2s1. The fourth-order valence-electron chi connectivity index (χ4n) is 2.71. The largest absolute Gasteiger partial charge is 0.366 e. The Morgan fingerprint density at radius 2 is 1.77 bits per heavy atom. The van der Waals surface area contributed by atoms with Gasteiger partial charge in [0, 0.05) is 21.7 Å². The number of thiophene rings is 1. The maximum Gasteiger partial charge on any atom is 0.248 e. The molecular formula is C20H16N4OS. The Labute approximate surface area is 154 Å². The van der Waals surface area contributed by atoms with Crippen molar-refractivity contribution in [1.29, 1.82) is 0 Å². The summed E-state index contributed by atoms with van der Waals surface area (Å²) >= 11 is 1.64. The van der Waals surface area contributed by atoms with Crippen LogP contribution in [0.2, 0.25) is 0 Å². The third-order valence-electron chi connectivity index (χ3n) is 3.98. The number of carbonyl (C=O) groups excluding carboxylic acids is 1. The van der Waals surface area contributed by atoms with Gasteiger partial charge in [0.1, 0.15) is 10.6 Å². The number of nitrogens with zero attached hydrogens (tertiary/aromatic N) is 2. The average molecular weight is 360 g/mol. The Balaban J connectivity index is 1.78. The normalized spacial score (nSPS) is 10.8. The Kier molecular flexibility index (Phi) is 4.10. The summed E-state index contributed by atoms with van der Waals surface area (Å²) in [7, 11) is 0. The van der Waals surface area contributed by atoms with Crippen molar-refractivity contribution in [2.75, 3.05) is 5.32 Å². The molecule has 0 aliphatic carbocycles. The molecule has 0 aliphatic heterocycles. The van der Waals surface area contributed by atoms with E-state index in [1.807, 2.05) is 42.5 Å². The summed E-state index contributed by atoms with van der Waals surface area (Å²) in [5.74, 6) is 0.974. The average Bonchev–Trinajstić information content (AvgIpc) is 3.03. The van der Waals surface area contributed by atoms with Crippen LogP contribution in [0, 0.1) is 6.92 Å². The van der Waals surface area contributed by atoms with E-state index < -0.39 is 5.91 Å². The number of fused-ring (bicyclic) bond motifs is 1. The molecule has 128 valence electrons. The van der Waals surface area contributed by atoms with Crippen molar-refractivity contribution >= 4 is 39.0 Å². The van der Waals surface area contributed by atoms with Gasteiger partial charge in [-0.2, -0.15) is 0 Å². The minimum absolute atomic E-state index is 0.444. The van der Waals surface area contributed by atoms with E-state index >= 15 is 0 Å². The Hall–Kier alpha value is -3.25. The van der Waals surface area contributed by atoms with E-state index in [0.717, 1.165) is 27.3 Å². The fourth-order valence-corrected chi connectivity index (χ4v) is 3.59. The lowest BCUT2D eigenvalue weighted by atomic mass is 10.2. The highest BCUT2D eigenvalue weighted by Crippen LogP contribution is 2.32. The van der Waals surface area contributed by atoms with Crippen molar-refractivity contribution in [3.8, 4) is 11.4 Å². The number of nitrogens with two attached hydrogens (primary N) is 1. The van der Waals surface area contributed by atoms with Gasteiger partial charge in [-0.3, -0.25) is 4.79 Å². The summed E-state index contributed by atoms with van der Waals surface area (Å²) < 4.78 is 0. The second kappa shape index (κ2) is 6.57. The van der Waals surface area contributed by atoms with Crippen LogP contribution in [0.4, 0.5) is 11.5 Å². The molecule has 0 atom stereocenters. The van der Waals surface area contributed by atoms with Crippen molar-refractivity contribution in [2.45, 2.75) is 6.92 Å². The van der Waals surface area contributed by atoms with Gasteiger partial charge in [-0.1, -0.05) is 30.3 Å². The zero-order valence-corrected chi connectivity index (χ0v) is 14.9. The molecule has 3 N–H and O–H groups in total. The van der Waals surface area contributed by atoms with Crippen LogP contribution in [-0.2, 0) is 0 Å². The molecular weight excluding hydrogens is 344 g/mol. The van der Waals surface area contributed by atoms with Gasteiger partial charge in [0.2, 0.25) is 5.91 Å². The first-order valence-electron chi connectivity index (χ1n) is 8.10. The molecule has 0 spiro atoms. The minimum atomic E-state index is -0.444. The van der Waals surface area contributed by atoms with E-state index in [4.69, 9.17) is 15.7 Å². The summed E-state index contributed by atoms with van der Waals surface area (Å²) in [5, 5.41) is 4.32. The number of carbonyl (C=O) groups is 1. The summed E-state index contributed by atoms with van der Waals surface area (Å²) in [5.41, 5.74) is 7.57. The molecule has 0 fully saturated rings. The highest BCUT2D eigenvalue weighted by Gasteiger charge is 2.12. The summed E-state index contributed by atoms with van der Waals surface area (Å²) in [6, 6.07) is 19.0. The van der Waals surface area contributed by atoms with Crippen LogP contribution in [-0.4, -0.2) is 15.9 Å². The lowest BCUT2D eigenvalue weighted by molar-refractivity contribution is 0.100. The molecule has 4 aromatic rings. The number of anilines is 2. The lowest BCUT2D eigenvalue weighted by Crippen LogP contribution is -2.10. The Morgan fingerprint density at radius 1 is 1.04 bits per heavy atom. The van der Waals surface area contributed by atoms with E-state index in [1.54, 1.807) is 23.5 Å². The van der Waals surface area contributed by atoms with Gasteiger partial charge in [0.15, 0.2) is 5.82 Å². The van der Waals surface area contributed by atoms with Crippen LogP contribution >= 0.6 is 11.3 Å². The van der Waals surface area contributed by atoms with Crippen molar-refractivity contribution < 1.29 is 4.79 Å². The van der Waals surface area contributed by atoms with Crippen molar-refractivity contribution in [2.24, 2.45) is 5.73 Å². The number of aryl methyl sites for hydroxylation is 1. The Bertz CT molecular complexity index is 1090. The first kappa shape index (κ1) is 16.2. The van der Waals surface area contributed by atoms with E-state index in [1.165, 1.54) is 4.88 Å². The fraction of sp³-hybridized carbons (Fsp3) is 0.0500. The second-order valence-electron chi connectivity index (χ2n) is 5.90. The predicted octanol–water partition coefficient (Wildman–Crippen LogP) is 4.51. The van der Waals surface area contributed by atoms with Gasteiger partial charge in [0.25, 0.3) is 0 Å². The molecule has 0 radical (unpaired) electrons. The van der Waals surface area contributed by atoms with Gasteiger partial charge in [0.05, 0.1) is 5.39 Å². The second-order valence-corrected chi connectivity index (χ2v) is 7.14. The van der Waals surface area contributed by atoms with Gasteiger partial charge in [-0.05, 0) is 37.3 Å². The van der Waals surface area contributed by atoms with Gasteiger partial charge >= 0.3 is 0 Å². The Morgan fingerprint density at radius 3 is 2.46 bits per heavy atom. The van der Waals surface area contributed by atoms with Crippen LogP contribution in [0.3, 0.4) is 0 Å². The first-order valence-corrected chi connectivity index (χ1v) is 8.92. The highest BCUT2D eigenvalue weighted by molar-refractivity contribution is 7.18. The molecule has 5 nitrogen and oxygen atoms in total. The van der Waals surface area contributed by atoms with Crippen molar-refractivity contribution in [1.82, 2.24) is 9.97 Å². The molecule has 0 aliphatic rings. The van der Waals surface area contributed by atoms with Gasteiger partial charge in [-0.25, -0.2) is 9.97 Å². The lowest BCUT2D eigenvalue weighted by Gasteiger charge is -2.09. The monoisotopic (exact) mass is 360 g/mol.